The molecule has 27 heavy (non-hydrogen) atoms. The molecule has 2 N–H and O–H groups in total. The van der Waals surface area contributed by atoms with Crippen molar-refractivity contribution in [3.8, 4) is 0 Å². The zero-order valence-electron chi connectivity index (χ0n) is 16.3. The molecule has 1 aliphatic heterocycles. The topological polar surface area (TPSA) is 64.3 Å². The van der Waals surface area contributed by atoms with E-state index < -0.39 is 0 Å². The number of H-pyrrole nitrogens is 1. The minimum Gasteiger partial charge on any atom is -0.345 e. The number of benzene rings is 1. The molecule has 2 aliphatic rings. The molecular formula is C21H31N5O. The Morgan fingerprint density at radius 1 is 1.19 bits per heavy atom. The third-order valence-electron chi connectivity index (χ3n) is 6.07. The third kappa shape index (κ3) is 4.50. The van der Waals surface area contributed by atoms with Crippen molar-refractivity contribution in [3.05, 3.63) is 30.0 Å². The molecule has 1 unspecified atom stereocenters. The van der Waals surface area contributed by atoms with Crippen LogP contribution in [0.4, 0.5) is 0 Å². The molecule has 1 aromatic carbocycles. The van der Waals surface area contributed by atoms with Crippen molar-refractivity contribution in [1.29, 1.82) is 0 Å². The summed E-state index contributed by atoms with van der Waals surface area (Å²) in [6, 6.07) is 7.92. The monoisotopic (exact) mass is 369 g/mol. The van der Waals surface area contributed by atoms with Crippen molar-refractivity contribution in [2.75, 3.05) is 39.8 Å². The number of nitrogens with one attached hydrogen (secondary N) is 2. The van der Waals surface area contributed by atoms with Crippen LogP contribution in [0.5, 0.6) is 0 Å². The Kier molecular flexibility index (Phi) is 5.74. The second kappa shape index (κ2) is 8.40. The van der Waals surface area contributed by atoms with Gasteiger partial charge >= 0.3 is 0 Å². The van der Waals surface area contributed by atoms with Crippen LogP contribution in [0.15, 0.2) is 24.3 Å². The molecule has 1 aromatic heterocycles. The molecule has 146 valence electrons. The highest BCUT2D eigenvalue weighted by Crippen LogP contribution is 2.25. The predicted molar refractivity (Wildman–Crippen MR) is 108 cm³/mol. The maximum atomic E-state index is 12.9. The number of hydrogen-bond acceptors (Lipinski definition) is 4. The van der Waals surface area contributed by atoms with Gasteiger partial charge in [-0.25, -0.2) is 0 Å². The summed E-state index contributed by atoms with van der Waals surface area (Å²) in [7, 11) is 2.15. The van der Waals surface area contributed by atoms with Crippen molar-refractivity contribution >= 4 is 16.8 Å². The van der Waals surface area contributed by atoms with Gasteiger partial charge in [-0.05, 0) is 31.9 Å². The number of carbonyl (C=O) groups is 1. The zero-order valence-corrected chi connectivity index (χ0v) is 16.3. The van der Waals surface area contributed by atoms with Gasteiger partial charge in [-0.2, -0.15) is 5.10 Å². The van der Waals surface area contributed by atoms with Crippen molar-refractivity contribution in [3.63, 3.8) is 0 Å². The first kappa shape index (κ1) is 18.4. The van der Waals surface area contributed by atoms with Crippen LogP contribution >= 0.6 is 0 Å². The first-order valence-electron chi connectivity index (χ1n) is 10.3. The second-order valence-electron chi connectivity index (χ2n) is 8.31. The Labute approximate surface area is 161 Å². The lowest BCUT2D eigenvalue weighted by molar-refractivity contribution is 0.0918. The number of carbonyl (C=O) groups excluding carboxylic acids is 1. The van der Waals surface area contributed by atoms with Crippen molar-refractivity contribution in [1.82, 2.24) is 25.3 Å². The van der Waals surface area contributed by atoms with Gasteiger partial charge in [0, 0.05) is 38.1 Å². The van der Waals surface area contributed by atoms with E-state index in [0.717, 1.165) is 43.0 Å². The van der Waals surface area contributed by atoms with Gasteiger partial charge < -0.3 is 10.2 Å². The van der Waals surface area contributed by atoms with Gasteiger partial charge in [0.05, 0.1) is 11.6 Å². The van der Waals surface area contributed by atoms with E-state index in [9.17, 15) is 4.79 Å². The maximum absolute atomic E-state index is 12.9. The highest BCUT2D eigenvalue weighted by Gasteiger charge is 2.26. The number of para-hydroxylation sites is 1. The average molecular weight is 370 g/mol. The van der Waals surface area contributed by atoms with Crippen LogP contribution in [0.25, 0.3) is 10.9 Å². The molecule has 1 amide bonds. The number of nitrogens with zero attached hydrogens (tertiary/aromatic N) is 3. The number of hydrogen-bond donors (Lipinski definition) is 2. The summed E-state index contributed by atoms with van der Waals surface area (Å²) in [5.41, 5.74) is 1.40. The third-order valence-corrected chi connectivity index (χ3v) is 6.07. The maximum Gasteiger partial charge on any atom is 0.272 e. The van der Waals surface area contributed by atoms with Gasteiger partial charge in [0.2, 0.25) is 0 Å². The Hall–Kier alpha value is -1.92. The lowest BCUT2D eigenvalue weighted by atomic mass is 9.89. The van der Waals surface area contributed by atoms with Crippen molar-refractivity contribution in [2.45, 2.75) is 38.1 Å². The molecule has 2 heterocycles. The van der Waals surface area contributed by atoms with E-state index >= 15 is 0 Å². The molecule has 1 saturated heterocycles. The van der Waals surface area contributed by atoms with Gasteiger partial charge in [-0.3, -0.25) is 14.8 Å². The fourth-order valence-corrected chi connectivity index (χ4v) is 4.62. The molecule has 1 saturated carbocycles. The molecule has 1 atom stereocenters. The number of aromatic nitrogens is 2. The molecule has 0 bridgehead atoms. The summed E-state index contributed by atoms with van der Waals surface area (Å²) in [5, 5.41) is 11.3. The van der Waals surface area contributed by atoms with Crippen LogP contribution < -0.4 is 5.32 Å². The molecule has 6 heteroatoms. The molecule has 0 radical (unpaired) electrons. The van der Waals surface area contributed by atoms with Crippen LogP contribution in [0.1, 0.15) is 42.6 Å². The minimum absolute atomic E-state index is 0.0784. The molecular weight excluding hydrogens is 338 g/mol. The highest BCUT2D eigenvalue weighted by molar-refractivity contribution is 6.04. The molecule has 6 nitrogen and oxygen atoms in total. The van der Waals surface area contributed by atoms with Gasteiger partial charge in [0.25, 0.3) is 5.91 Å². The fraction of sp³-hybridized carbons (Fsp3) is 0.619. The number of aromatic amines is 1. The highest BCUT2D eigenvalue weighted by atomic mass is 16.2. The van der Waals surface area contributed by atoms with Crippen LogP contribution in [0.3, 0.4) is 0 Å². The first-order chi connectivity index (χ1) is 13.2. The molecule has 2 aromatic rings. The van der Waals surface area contributed by atoms with E-state index in [1.165, 1.54) is 38.6 Å². The molecule has 0 spiro atoms. The summed E-state index contributed by atoms with van der Waals surface area (Å²) < 4.78 is 0. The average Bonchev–Trinajstić information content (AvgIpc) is 3.03. The summed E-state index contributed by atoms with van der Waals surface area (Å²) >= 11 is 0. The van der Waals surface area contributed by atoms with Crippen LogP contribution in [0.2, 0.25) is 0 Å². The predicted octanol–water partition coefficient (Wildman–Crippen LogP) is 2.49. The summed E-state index contributed by atoms with van der Waals surface area (Å²) in [4.78, 5) is 17.8. The Morgan fingerprint density at radius 2 is 2.00 bits per heavy atom. The fourth-order valence-electron chi connectivity index (χ4n) is 4.62. The first-order valence-corrected chi connectivity index (χ1v) is 10.3. The summed E-state index contributed by atoms with van der Waals surface area (Å²) in [6.07, 6.45) is 6.89. The van der Waals surface area contributed by atoms with Gasteiger partial charge in [0.1, 0.15) is 0 Å². The molecule has 1 aliphatic carbocycles. The van der Waals surface area contributed by atoms with E-state index in [0.29, 0.717) is 5.69 Å². The minimum atomic E-state index is -0.0784. The van der Waals surface area contributed by atoms with Gasteiger partial charge in [0.15, 0.2) is 5.69 Å². The Morgan fingerprint density at radius 3 is 2.85 bits per heavy atom. The molecule has 4 rings (SSSR count). The van der Waals surface area contributed by atoms with E-state index in [1.807, 2.05) is 24.3 Å². The number of amides is 1. The second-order valence-corrected chi connectivity index (χ2v) is 8.31. The lowest BCUT2D eigenvalue weighted by Gasteiger charge is -2.30. The summed E-state index contributed by atoms with van der Waals surface area (Å²) in [5.74, 6) is 0.749. The smallest absolute Gasteiger partial charge is 0.272 e. The van der Waals surface area contributed by atoms with Gasteiger partial charge in [-0.1, -0.05) is 37.5 Å². The quantitative estimate of drug-likeness (QED) is 0.869. The number of rotatable bonds is 4. The zero-order chi connectivity index (χ0) is 18.6. The van der Waals surface area contributed by atoms with E-state index in [2.05, 4.69) is 32.4 Å². The largest absolute Gasteiger partial charge is 0.345 e. The van der Waals surface area contributed by atoms with Crippen LogP contribution in [0, 0.1) is 5.92 Å². The lowest BCUT2D eigenvalue weighted by Crippen LogP contribution is -2.47. The number of fused-ring (bicyclic) bond motifs is 1. The summed E-state index contributed by atoms with van der Waals surface area (Å²) in [6.45, 7) is 5.13. The standard InChI is InChI=1S/C21H31N5O/c1-25-11-12-26(13-16-7-3-2-4-8-16)15-17(14-25)22-21(27)20-18-9-5-6-10-19(18)23-24-20/h5-6,9-10,16-17H,2-4,7-8,11-15H2,1H3,(H,22,27)(H,23,24). The van der Waals surface area contributed by atoms with Crippen LogP contribution in [-0.2, 0) is 0 Å². The van der Waals surface area contributed by atoms with E-state index in [1.54, 1.807) is 0 Å². The van der Waals surface area contributed by atoms with Crippen molar-refractivity contribution in [2.24, 2.45) is 5.92 Å². The Balaban J connectivity index is 1.42. The van der Waals surface area contributed by atoms with Crippen molar-refractivity contribution < 1.29 is 4.79 Å². The SMILES string of the molecule is CN1CCN(CC2CCCCC2)CC(NC(=O)c2n[nH]c3ccccc23)C1. The number of likely N-dealkylation sites (N-methyl/N-ethyl adjacent to an activating group) is 1. The Bertz CT molecular complexity index is 767. The van der Waals surface area contributed by atoms with Gasteiger partial charge in [-0.15, -0.1) is 0 Å². The normalized spacial score (nSPS) is 23.4. The van der Waals surface area contributed by atoms with Crippen LogP contribution in [-0.4, -0.2) is 71.7 Å². The molecule has 2 fully saturated rings. The van der Waals surface area contributed by atoms with E-state index in [4.69, 9.17) is 0 Å². The van der Waals surface area contributed by atoms with E-state index in [-0.39, 0.29) is 11.9 Å².